The summed E-state index contributed by atoms with van der Waals surface area (Å²) in [4.78, 5) is 18.7. The minimum atomic E-state index is -4.14. The van der Waals surface area contributed by atoms with E-state index in [9.17, 15) is 17.6 Å². The van der Waals surface area contributed by atoms with Gasteiger partial charge in [0.2, 0.25) is 0 Å². The molecule has 0 spiro atoms. The Bertz CT molecular complexity index is 1500. The molecule has 35 heavy (non-hydrogen) atoms. The standard InChI is InChI=1S/C26H22FN3O4S/c27-22-10-1-2-12-24(22)35(32,33)29-20-9-3-7-19(16-20)26(31)30-15-13-21(17-30)34-23-11-4-6-18-8-5-14-28-25(18)23/h1-12,14,16,21,29H,13,15,17H2. The van der Waals surface area contributed by atoms with E-state index >= 15 is 0 Å². The predicted molar refractivity (Wildman–Crippen MR) is 130 cm³/mol. The van der Waals surface area contributed by atoms with E-state index in [0.717, 1.165) is 17.0 Å². The van der Waals surface area contributed by atoms with Crippen LogP contribution in [0.2, 0.25) is 0 Å². The van der Waals surface area contributed by atoms with Gasteiger partial charge in [-0.2, -0.15) is 0 Å². The second kappa shape index (κ2) is 9.34. The normalized spacial score (nSPS) is 15.8. The number of amides is 1. The van der Waals surface area contributed by atoms with Crippen LogP contribution in [0.4, 0.5) is 10.1 Å². The molecular formula is C26H22FN3O4S. The van der Waals surface area contributed by atoms with Gasteiger partial charge < -0.3 is 9.64 Å². The van der Waals surface area contributed by atoms with Crippen LogP contribution in [0, 0.1) is 5.82 Å². The van der Waals surface area contributed by atoms with Crippen LogP contribution in [0.1, 0.15) is 16.8 Å². The monoisotopic (exact) mass is 491 g/mol. The molecule has 1 atom stereocenters. The van der Waals surface area contributed by atoms with Gasteiger partial charge in [0.05, 0.1) is 6.54 Å². The first-order valence-electron chi connectivity index (χ1n) is 11.1. The third-order valence-corrected chi connectivity index (χ3v) is 7.22. The van der Waals surface area contributed by atoms with Crippen molar-refractivity contribution in [2.75, 3.05) is 17.8 Å². The molecule has 0 radical (unpaired) electrons. The van der Waals surface area contributed by atoms with Crippen molar-refractivity contribution >= 4 is 32.5 Å². The number of carbonyl (C=O) groups is 1. The number of hydrogen-bond donors (Lipinski definition) is 1. The van der Waals surface area contributed by atoms with Gasteiger partial charge in [-0.05, 0) is 42.5 Å². The fraction of sp³-hybridized carbons (Fsp3) is 0.154. The number of anilines is 1. The summed E-state index contributed by atoms with van der Waals surface area (Å²) in [6, 6.07) is 20.8. The predicted octanol–water partition coefficient (Wildman–Crippen LogP) is 4.47. The maximum atomic E-state index is 14.0. The average Bonchev–Trinajstić information content (AvgIpc) is 3.32. The van der Waals surface area contributed by atoms with Gasteiger partial charge in [-0.3, -0.25) is 14.5 Å². The number of rotatable bonds is 6. The van der Waals surface area contributed by atoms with Crippen molar-refractivity contribution in [3.63, 3.8) is 0 Å². The smallest absolute Gasteiger partial charge is 0.264 e. The lowest BCUT2D eigenvalue weighted by Gasteiger charge is -2.18. The molecule has 2 heterocycles. The first-order chi connectivity index (χ1) is 16.9. The van der Waals surface area contributed by atoms with Crippen LogP contribution in [0.3, 0.4) is 0 Å². The molecule has 9 heteroatoms. The number of carbonyl (C=O) groups excluding carboxylic acids is 1. The number of ether oxygens (including phenoxy) is 1. The lowest BCUT2D eigenvalue weighted by molar-refractivity contribution is 0.0773. The van der Waals surface area contributed by atoms with Crippen molar-refractivity contribution in [3.8, 4) is 5.75 Å². The summed E-state index contributed by atoms with van der Waals surface area (Å²) in [5, 5.41) is 0.977. The molecule has 5 rings (SSSR count). The van der Waals surface area contributed by atoms with E-state index < -0.39 is 20.7 Å². The Morgan fingerprint density at radius 3 is 2.69 bits per heavy atom. The second-order valence-corrected chi connectivity index (χ2v) is 9.88. The molecular weight excluding hydrogens is 469 g/mol. The highest BCUT2D eigenvalue weighted by Crippen LogP contribution is 2.27. The number of para-hydroxylation sites is 1. The number of fused-ring (bicyclic) bond motifs is 1. The van der Waals surface area contributed by atoms with E-state index in [2.05, 4.69) is 9.71 Å². The van der Waals surface area contributed by atoms with Gasteiger partial charge in [0.1, 0.15) is 28.1 Å². The van der Waals surface area contributed by atoms with Crippen molar-refractivity contribution in [1.82, 2.24) is 9.88 Å². The van der Waals surface area contributed by atoms with Crippen LogP contribution in [-0.2, 0) is 10.0 Å². The summed E-state index contributed by atoms with van der Waals surface area (Å²) in [7, 11) is -4.14. The molecule has 1 aromatic heterocycles. The van der Waals surface area contributed by atoms with Gasteiger partial charge in [-0.15, -0.1) is 0 Å². The third-order valence-electron chi connectivity index (χ3n) is 5.81. The van der Waals surface area contributed by atoms with Gasteiger partial charge in [0, 0.05) is 35.8 Å². The van der Waals surface area contributed by atoms with E-state index in [1.807, 2.05) is 30.3 Å². The molecule has 1 amide bonds. The van der Waals surface area contributed by atoms with E-state index in [4.69, 9.17) is 4.74 Å². The summed E-state index contributed by atoms with van der Waals surface area (Å²) < 4.78 is 47.7. The highest BCUT2D eigenvalue weighted by atomic mass is 32.2. The molecule has 1 aliphatic heterocycles. The van der Waals surface area contributed by atoms with Gasteiger partial charge in [-0.25, -0.2) is 12.8 Å². The summed E-state index contributed by atoms with van der Waals surface area (Å²) in [6.07, 6.45) is 2.19. The Balaban J connectivity index is 1.28. The molecule has 1 N–H and O–H groups in total. The van der Waals surface area contributed by atoms with Crippen LogP contribution < -0.4 is 9.46 Å². The zero-order chi connectivity index (χ0) is 24.4. The summed E-state index contributed by atoms with van der Waals surface area (Å²) in [5.41, 5.74) is 1.27. The number of nitrogens with zero attached hydrogens (tertiary/aromatic N) is 2. The first-order valence-corrected chi connectivity index (χ1v) is 12.6. The van der Waals surface area contributed by atoms with Gasteiger partial charge in [0.15, 0.2) is 0 Å². The number of halogens is 1. The highest BCUT2D eigenvalue weighted by Gasteiger charge is 2.29. The second-order valence-electron chi connectivity index (χ2n) is 8.23. The number of likely N-dealkylation sites (tertiary alicyclic amines) is 1. The molecule has 1 unspecified atom stereocenters. The number of aromatic nitrogens is 1. The largest absolute Gasteiger partial charge is 0.486 e. The topological polar surface area (TPSA) is 88.6 Å². The number of nitrogens with one attached hydrogen (secondary N) is 1. The lowest BCUT2D eigenvalue weighted by Crippen LogP contribution is -2.31. The Labute approximate surface area is 202 Å². The third kappa shape index (κ3) is 4.81. The molecule has 1 saturated heterocycles. The van der Waals surface area contributed by atoms with Crippen molar-refractivity contribution < 1.29 is 22.3 Å². The fourth-order valence-electron chi connectivity index (χ4n) is 4.13. The van der Waals surface area contributed by atoms with Crippen LogP contribution in [0.25, 0.3) is 10.9 Å². The van der Waals surface area contributed by atoms with Crippen LogP contribution in [0.15, 0.2) is 90.0 Å². The Morgan fingerprint density at radius 1 is 1.03 bits per heavy atom. The van der Waals surface area contributed by atoms with Crippen LogP contribution in [0.5, 0.6) is 5.75 Å². The minimum Gasteiger partial charge on any atom is -0.486 e. The van der Waals surface area contributed by atoms with E-state index in [-0.39, 0.29) is 17.7 Å². The zero-order valence-corrected chi connectivity index (χ0v) is 19.4. The maximum absolute atomic E-state index is 14.0. The van der Waals surface area contributed by atoms with Gasteiger partial charge in [-0.1, -0.05) is 36.4 Å². The van der Waals surface area contributed by atoms with Crippen LogP contribution in [-0.4, -0.2) is 43.4 Å². The summed E-state index contributed by atoms with van der Waals surface area (Å²) in [6.45, 7) is 0.903. The Morgan fingerprint density at radius 2 is 1.83 bits per heavy atom. The Kier molecular flexibility index (Phi) is 6.08. The van der Waals surface area contributed by atoms with Crippen molar-refractivity contribution in [2.45, 2.75) is 17.4 Å². The molecule has 0 bridgehead atoms. The molecule has 0 saturated carbocycles. The van der Waals surface area contributed by atoms with E-state index in [1.165, 1.54) is 30.3 Å². The van der Waals surface area contributed by atoms with E-state index in [0.29, 0.717) is 30.8 Å². The quantitative estimate of drug-likeness (QED) is 0.430. The fourth-order valence-corrected chi connectivity index (χ4v) is 5.26. The molecule has 1 fully saturated rings. The van der Waals surface area contributed by atoms with E-state index in [1.54, 1.807) is 23.2 Å². The Hall–Kier alpha value is -3.98. The van der Waals surface area contributed by atoms with Crippen molar-refractivity contribution in [3.05, 3.63) is 96.4 Å². The number of benzene rings is 3. The van der Waals surface area contributed by atoms with Crippen LogP contribution >= 0.6 is 0 Å². The first kappa shape index (κ1) is 22.8. The van der Waals surface area contributed by atoms with Crippen molar-refractivity contribution in [1.29, 1.82) is 0 Å². The number of hydrogen-bond acceptors (Lipinski definition) is 5. The molecule has 3 aromatic carbocycles. The molecule has 4 aromatic rings. The van der Waals surface area contributed by atoms with Crippen molar-refractivity contribution in [2.24, 2.45) is 0 Å². The summed E-state index contributed by atoms with van der Waals surface area (Å²) >= 11 is 0. The molecule has 7 nitrogen and oxygen atoms in total. The highest BCUT2D eigenvalue weighted by molar-refractivity contribution is 7.92. The summed E-state index contributed by atoms with van der Waals surface area (Å²) in [5.74, 6) is -0.414. The number of pyridine rings is 1. The molecule has 0 aliphatic carbocycles. The molecule has 178 valence electrons. The molecule has 1 aliphatic rings. The van der Waals surface area contributed by atoms with Gasteiger partial charge in [0.25, 0.3) is 15.9 Å². The average molecular weight is 492 g/mol. The minimum absolute atomic E-state index is 0.174. The SMILES string of the molecule is O=C(c1cccc(NS(=O)(=O)c2ccccc2F)c1)N1CCC(Oc2cccc3cccnc23)C1. The maximum Gasteiger partial charge on any atom is 0.264 e. The lowest BCUT2D eigenvalue weighted by atomic mass is 10.2. The van der Waals surface area contributed by atoms with Gasteiger partial charge >= 0.3 is 0 Å². The zero-order valence-electron chi connectivity index (χ0n) is 18.6. The number of sulfonamides is 1.